The summed E-state index contributed by atoms with van der Waals surface area (Å²) >= 11 is 0. The molecule has 2 aromatic rings. The van der Waals surface area contributed by atoms with Crippen LogP contribution in [-0.4, -0.2) is 16.6 Å². The van der Waals surface area contributed by atoms with Crippen molar-refractivity contribution >= 4 is 5.97 Å². The summed E-state index contributed by atoms with van der Waals surface area (Å²) in [6.07, 6.45) is 0.488. The smallest absolute Gasteiger partial charge is 0.326 e. The number of nitriles is 1. The molecule has 1 heterocycles. The van der Waals surface area contributed by atoms with Crippen molar-refractivity contribution in [1.29, 1.82) is 5.26 Å². The van der Waals surface area contributed by atoms with Gasteiger partial charge in [0.15, 0.2) is 0 Å². The number of hydrogen-bond acceptors (Lipinski definition) is 4. The van der Waals surface area contributed by atoms with Crippen molar-refractivity contribution in [1.82, 2.24) is 4.57 Å². The Kier molecular flexibility index (Phi) is 5.32. The van der Waals surface area contributed by atoms with Crippen LogP contribution >= 0.6 is 0 Å². The first-order valence-corrected chi connectivity index (χ1v) is 7.45. The van der Waals surface area contributed by atoms with Gasteiger partial charge in [-0.2, -0.15) is 5.26 Å². The van der Waals surface area contributed by atoms with Crippen LogP contribution in [0.1, 0.15) is 25.8 Å². The Morgan fingerprint density at radius 2 is 1.96 bits per heavy atom. The molecule has 23 heavy (non-hydrogen) atoms. The van der Waals surface area contributed by atoms with Crippen LogP contribution in [0.2, 0.25) is 0 Å². The van der Waals surface area contributed by atoms with Crippen molar-refractivity contribution < 1.29 is 9.53 Å². The van der Waals surface area contributed by atoms with E-state index in [-0.39, 0.29) is 18.2 Å². The zero-order valence-corrected chi connectivity index (χ0v) is 13.2. The molecular weight excluding hydrogens is 292 g/mol. The van der Waals surface area contributed by atoms with Crippen molar-refractivity contribution in [2.75, 3.05) is 0 Å². The molecule has 0 aliphatic heterocycles. The summed E-state index contributed by atoms with van der Waals surface area (Å²) in [5.74, 6) is -0.492. The van der Waals surface area contributed by atoms with E-state index in [2.05, 4.69) is 0 Å². The number of ether oxygens (including phenoxy) is 1. The number of carbonyl (C=O) groups excluding carboxylic acids is 1. The zero-order chi connectivity index (χ0) is 16.8. The Bertz CT molecular complexity index is 788. The van der Waals surface area contributed by atoms with Gasteiger partial charge in [0, 0.05) is 0 Å². The van der Waals surface area contributed by atoms with Crippen LogP contribution in [0.5, 0.6) is 0 Å². The van der Waals surface area contributed by atoms with Gasteiger partial charge in [0.25, 0.3) is 5.56 Å². The third-order valence-electron chi connectivity index (χ3n) is 3.56. The van der Waals surface area contributed by atoms with Gasteiger partial charge in [-0.05, 0) is 31.0 Å². The second-order valence-electron chi connectivity index (χ2n) is 5.21. The van der Waals surface area contributed by atoms with Gasteiger partial charge in [-0.15, -0.1) is 0 Å². The van der Waals surface area contributed by atoms with Gasteiger partial charge in [0.2, 0.25) is 0 Å². The van der Waals surface area contributed by atoms with Crippen LogP contribution in [0.25, 0.3) is 11.3 Å². The molecule has 1 atom stereocenters. The molecule has 1 aromatic heterocycles. The van der Waals surface area contributed by atoms with E-state index in [1.165, 1.54) is 10.6 Å². The quantitative estimate of drug-likeness (QED) is 0.796. The van der Waals surface area contributed by atoms with Crippen LogP contribution in [0.4, 0.5) is 0 Å². The number of benzene rings is 1. The van der Waals surface area contributed by atoms with E-state index in [0.717, 1.165) is 5.56 Å². The lowest BCUT2D eigenvalue weighted by molar-refractivity contribution is -0.149. The minimum atomic E-state index is -0.492. The highest BCUT2D eigenvalue weighted by Crippen LogP contribution is 2.18. The molecule has 0 N–H and O–H groups in total. The van der Waals surface area contributed by atoms with Crippen LogP contribution in [0, 0.1) is 11.3 Å². The van der Waals surface area contributed by atoms with Crippen molar-refractivity contribution in [2.24, 2.45) is 0 Å². The Morgan fingerprint density at radius 3 is 2.57 bits per heavy atom. The number of esters is 1. The maximum absolute atomic E-state index is 12.4. The molecule has 0 saturated heterocycles. The highest BCUT2D eigenvalue weighted by Gasteiger charge is 2.15. The number of aromatic nitrogens is 1. The number of carbonyl (C=O) groups is 1. The number of pyridine rings is 1. The van der Waals surface area contributed by atoms with Crippen LogP contribution in [0.3, 0.4) is 0 Å². The van der Waals surface area contributed by atoms with E-state index in [1.54, 1.807) is 13.0 Å². The topological polar surface area (TPSA) is 72.1 Å². The maximum Gasteiger partial charge on any atom is 0.326 e. The molecule has 118 valence electrons. The summed E-state index contributed by atoms with van der Waals surface area (Å²) < 4.78 is 6.53. The molecule has 0 bridgehead atoms. The molecule has 1 unspecified atom stereocenters. The predicted octanol–water partition coefficient (Wildman–Crippen LogP) is 2.73. The van der Waals surface area contributed by atoms with Gasteiger partial charge in [-0.25, -0.2) is 0 Å². The standard InChI is InChI=1S/C18H18N2O3/c1-3-13(2)23-17(21)12-20-16(14-7-5-4-6-8-14)10-9-15(11-19)18(20)22/h4-10,13H,3,12H2,1-2H3. The molecular formula is C18H18N2O3. The Hall–Kier alpha value is -2.87. The molecule has 2 rings (SSSR count). The Balaban J connectivity index is 2.45. The lowest BCUT2D eigenvalue weighted by Gasteiger charge is -2.15. The van der Waals surface area contributed by atoms with E-state index in [4.69, 9.17) is 10.00 Å². The monoisotopic (exact) mass is 310 g/mol. The largest absolute Gasteiger partial charge is 0.461 e. The highest BCUT2D eigenvalue weighted by molar-refractivity contribution is 5.71. The summed E-state index contributed by atoms with van der Waals surface area (Å²) in [6, 6.07) is 14.3. The summed E-state index contributed by atoms with van der Waals surface area (Å²) in [5, 5.41) is 9.04. The fourth-order valence-corrected chi connectivity index (χ4v) is 2.16. The third-order valence-corrected chi connectivity index (χ3v) is 3.56. The summed E-state index contributed by atoms with van der Waals surface area (Å²) in [5.41, 5.74) is 0.886. The summed E-state index contributed by atoms with van der Waals surface area (Å²) in [6.45, 7) is 3.49. The van der Waals surface area contributed by atoms with Crippen molar-refractivity contribution in [3.05, 3.63) is 58.4 Å². The SMILES string of the molecule is CCC(C)OC(=O)Cn1c(-c2ccccc2)ccc(C#N)c1=O. The molecule has 0 fully saturated rings. The normalized spacial score (nSPS) is 11.5. The number of nitrogens with zero attached hydrogens (tertiary/aromatic N) is 2. The molecule has 0 radical (unpaired) electrons. The van der Waals surface area contributed by atoms with Crippen molar-refractivity contribution in [2.45, 2.75) is 32.9 Å². The molecule has 0 saturated carbocycles. The molecule has 0 spiro atoms. The van der Waals surface area contributed by atoms with E-state index >= 15 is 0 Å². The summed E-state index contributed by atoms with van der Waals surface area (Å²) in [7, 11) is 0. The summed E-state index contributed by atoms with van der Waals surface area (Å²) in [4.78, 5) is 24.5. The minimum Gasteiger partial charge on any atom is -0.461 e. The highest BCUT2D eigenvalue weighted by atomic mass is 16.5. The van der Waals surface area contributed by atoms with E-state index in [1.807, 2.05) is 43.3 Å². The third kappa shape index (κ3) is 3.86. The second kappa shape index (κ2) is 7.41. The van der Waals surface area contributed by atoms with Gasteiger partial charge in [-0.1, -0.05) is 37.3 Å². The second-order valence-corrected chi connectivity index (χ2v) is 5.21. The van der Waals surface area contributed by atoms with Crippen LogP contribution in [-0.2, 0) is 16.1 Å². The van der Waals surface area contributed by atoms with E-state index < -0.39 is 11.5 Å². The van der Waals surface area contributed by atoms with E-state index in [9.17, 15) is 9.59 Å². The van der Waals surface area contributed by atoms with Gasteiger partial charge in [0.05, 0.1) is 11.8 Å². The number of hydrogen-bond donors (Lipinski definition) is 0. The number of rotatable bonds is 5. The first-order valence-electron chi connectivity index (χ1n) is 7.45. The van der Waals surface area contributed by atoms with Crippen LogP contribution < -0.4 is 5.56 Å². The molecule has 0 aliphatic rings. The molecule has 5 heteroatoms. The van der Waals surface area contributed by atoms with Gasteiger partial charge < -0.3 is 4.74 Å². The lowest BCUT2D eigenvalue weighted by Crippen LogP contribution is -2.29. The first-order chi connectivity index (χ1) is 11.1. The van der Waals surface area contributed by atoms with Gasteiger partial charge in [-0.3, -0.25) is 14.2 Å². The molecule has 0 aliphatic carbocycles. The first kappa shape index (κ1) is 16.5. The maximum atomic E-state index is 12.4. The lowest BCUT2D eigenvalue weighted by atomic mass is 10.1. The average Bonchev–Trinajstić information content (AvgIpc) is 2.57. The Morgan fingerprint density at radius 1 is 1.26 bits per heavy atom. The van der Waals surface area contributed by atoms with Crippen molar-refractivity contribution in [3.8, 4) is 17.3 Å². The average molecular weight is 310 g/mol. The van der Waals surface area contributed by atoms with Gasteiger partial charge in [0.1, 0.15) is 18.2 Å². The molecule has 5 nitrogen and oxygen atoms in total. The Labute approximate surface area is 134 Å². The van der Waals surface area contributed by atoms with E-state index in [0.29, 0.717) is 12.1 Å². The fourth-order valence-electron chi connectivity index (χ4n) is 2.16. The fraction of sp³-hybridized carbons (Fsp3) is 0.278. The molecule has 1 aromatic carbocycles. The van der Waals surface area contributed by atoms with Crippen LogP contribution in [0.15, 0.2) is 47.3 Å². The predicted molar refractivity (Wildman–Crippen MR) is 86.7 cm³/mol. The van der Waals surface area contributed by atoms with Crippen molar-refractivity contribution in [3.63, 3.8) is 0 Å². The molecule has 0 amide bonds. The van der Waals surface area contributed by atoms with Gasteiger partial charge >= 0.3 is 5.97 Å². The zero-order valence-electron chi connectivity index (χ0n) is 13.2. The minimum absolute atomic E-state index is 0.000945.